The molecule has 0 atom stereocenters. The molecule has 13 heteroatoms. The highest BCUT2D eigenvalue weighted by molar-refractivity contribution is 7.89. The van der Waals surface area contributed by atoms with Gasteiger partial charge in [0.15, 0.2) is 0 Å². The zero-order valence-corrected chi connectivity index (χ0v) is 23.1. The molecule has 0 saturated heterocycles. The molecule has 206 valence electrons. The molecule has 38 heavy (non-hydrogen) atoms. The number of nitrogens with zero attached hydrogens (tertiary/aromatic N) is 1. The molecule has 8 nitrogen and oxygen atoms in total. The lowest BCUT2D eigenvalue weighted by molar-refractivity contribution is -0.115. The van der Waals surface area contributed by atoms with E-state index in [0.29, 0.717) is 21.1 Å². The van der Waals surface area contributed by atoms with Crippen LogP contribution in [0.25, 0.3) is 21.0 Å². The van der Waals surface area contributed by atoms with Gasteiger partial charge in [0.25, 0.3) is 0 Å². The summed E-state index contributed by atoms with van der Waals surface area (Å²) < 4.78 is 72.2. The van der Waals surface area contributed by atoms with Gasteiger partial charge in [0, 0.05) is 34.2 Å². The SMILES string of the molecule is CC(C)OC(=O)Nc1ccc(-c2ncc(-c3ccc(NCC(F)(F)F)cc3S(=O)(=O)NC(C)(C)C)s2)cc1. The largest absolute Gasteiger partial charge is 0.447 e. The molecule has 0 aliphatic rings. The highest BCUT2D eigenvalue weighted by atomic mass is 32.2. The summed E-state index contributed by atoms with van der Waals surface area (Å²) in [7, 11) is -4.10. The van der Waals surface area contributed by atoms with Gasteiger partial charge in [0.1, 0.15) is 11.6 Å². The van der Waals surface area contributed by atoms with Crippen LogP contribution < -0.4 is 15.4 Å². The number of benzene rings is 2. The van der Waals surface area contributed by atoms with Gasteiger partial charge in [-0.15, -0.1) is 11.3 Å². The highest BCUT2D eigenvalue weighted by Crippen LogP contribution is 2.37. The van der Waals surface area contributed by atoms with Crippen LogP contribution in [0.5, 0.6) is 0 Å². The predicted octanol–water partition coefficient (Wildman–Crippen LogP) is 6.49. The molecule has 0 radical (unpaired) electrons. The van der Waals surface area contributed by atoms with Gasteiger partial charge in [-0.2, -0.15) is 13.2 Å². The zero-order valence-electron chi connectivity index (χ0n) is 21.4. The van der Waals surface area contributed by atoms with Crippen LogP contribution in [0.2, 0.25) is 0 Å². The maximum atomic E-state index is 13.2. The summed E-state index contributed by atoms with van der Waals surface area (Å²) in [6, 6.07) is 10.9. The first-order chi connectivity index (χ1) is 17.5. The summed E-state index contributed by atoms with van der Waals surface area (Å²) in [6.07, 6.45) is -3.78. The molecular weight excluding hydrogens is 541 g/mol. The Labute approximate surface area is 223 Å². The second kappa shape index (κ2) is 11.3. The number of nitrogens with one attached hydrogen (secondary N) is 3. The fraction of sp³-hybridized carbons (Fsp3) is 0.360. The lowest BCUT2D eigenvalue weighted by Crippen LogP contribution is -2.40. The van der Waals surface area contributed by atoms with Crippen molar-refractivity contribution < 1.29 is 31.1 Å². The minimum atomic E-state index is -4.46. The number of hydrogen-bond donors (Lipinski definition) is 3. The van der Waals surface area contributed by atoms with E-state index in [2.05, 4.69) is 20.3 Å². The number of hydrogen-bond acceptors (Lipinski definition) is 7. The van der Waals surface area contributed by atoms with E-state index in [0.717, 1.165) is 5.56 Å². The Hall–Kier alpha value is -3.16. The molecule has 0 unspecified atom stereocenters. The zero-order chi connectivity index (χ0) is 28.3. The number of alkyl halides is 3. The Morgan fingerprint density at radius 3 is 2.26 bits per heavy atom. The second-order valence-electron chi connectivity index (χ2n) is 9.72. The van der Waals surface area contributed by atoms with Crippen molar-refractivity contribution >= 4 is 38.8 Å². The fourth-order valence-corrected chi connectivity index (χ4v) is 6.00. The van der Waals surface area contributed by atoms with Crippen LogP contribution in [-0.4, -0.2) is 43.9 Å². The molecule has 0 fully saturated rings. The number of amides is 1. The molecule has 0 spiro atoms. The Balaban J connectivity index is 1.93. The predicted molar refractivity (Wildman–Crippen MR) is 143 cm³/mol. The van der Waals surface area contributed by atoms with Crippen LogP contribution in [0, 0.1) is 0 Å². The van der Waals surface area contributed by atoms with Crippen molar-refractivity contribution in [1.29, 1.82) is 0 Å². The molecule has 1 aromatic heterocycles. The summed E-state index contributed by atoms with van der Waals surface area (Å²) in [5.41, 5.74) is 0.758. The molecule has 0 aliphatic heterocycles. The number of carbonyl (C=O) groups is 1. The van der Waals surface area contributed by atoms with E-state index in [-0.39, 0.29) is 16.7 Å². The maximum absolute atomic E-state index is 13.2. The summed E-state index contributed by atoms with van der Waals surface area (Å²) in [5.74, 6) is 0. The van der Waals surface area contributed by atoms with Crippen molar-refractivity contribution in [3.63, 3.8) is 0 Å². The first-order valence-corrected chi connectivity index (χ1v) is 13.9. The average molecular weight is 571 g/mol. The highest BCUT2D eigenvalue weighted by Gasteiger charge is 2.29. The monoisotopic (exact) mass is 570 g/mol. The fourth-order valence-electron chi connectivity index (χ4n) is 3.31. The smallest absolute Gasteiger partial charge is 0.411 e. The summed E-state index contributed by atoms with van der Waals surface area (Å²) in [4.78, 5) is 16.5. The summed E-state index contributed by atoms with van der Waals surface area (Å²) >= 11 is 1.22. The molecule has 3 rings (SSSR count). The third kappa shape index (κ3) is 8.43. The Bertz CT molecular complexity index is 1380. The van der Waals surface area contributed by atoms with Gasteiger partial charge in [-0.05, 0) is 71.0 Å². The van der Waals surface area contributed by atoms with Crippen LogP contribution in [0.3, 0.4) is 0 Å². The standard InChI is InChI=1S/C25H29F3N4O4S2/c1-15(2)36-23(33)31-17-8-6-16(7-9-17)22-29-13-20(37-22)19-11-10-18(30-14-25(26,27)28)12-21(19)38(34,35)32-24(3,4)5/h6-13,15,30,32H,14H2,1-5H3,(H,31,33). The number of carbonyl (C=O) groups excluding carboxylic acids is 1. The van der Waals surface area contributed by atoms with Crippen LogP contribution in [0.4, 0.5) is 29.3 Å². The normalized spacial score (nSPS) is 12.4. The van der Waals surface area contributed by atoms with Crippen molar-refractivity contribution in [2.75, 3.05) is 17.2 Å². The van der Waals surface area contributed by atoms with E-state index in [1.54, 1.807) is 58.9 Å². The third-order valence-electron chi connectivity index (χ3n) is 4.70. The van der Waals surface area contributed by atoms with E-state index in [1.807, 2.05) is 0 Å². The Morgan fingerprint density at radius 1 is 1.05 bits per heavy atom. The molecular formula is C25H29F3N4O4S2. The lowest BCUT2D eigenvalue weighted by atomic mass is 10.1. The van der Waals surface area contributed by atoms with Gasteiger partial charge in [0.2, 0.25) is 10.0 Å². The van der Waals surface area contributed by atoms with Crippen LogP contribution in [0.15, 0.2) is 53.6 Å². The second-order valence-corrected chi connectivity index (χ2v) is 12.4. The Kier molecular flexibility index (Phi) is 8.74. The number of rotatable bonds is 8. The van der Waals surface area contributed by atoms with Gasteiger partial charge < -0.3 is 10.1 Å². The first-order valence-electron chi connectivity index (χ1n) is 11.6. The number of anilines is 2. The molecule has 1 heterocycles. The topological polar surface area (TPSA) is 109 Å². The lowest BCUT2D eigenvalue weighted by Gasteiger charge is -2.22. The van der Waals surface area contributed by atoms with E-state index in [1.165, 1.54) is 35.7 Å². The third-order valence-corrected chi connectivity index (χ3v) is 7.57. The summed E-state index contributed by atoms with van der Waals surface area (Å²) in [5, 5.41) is 5.44. The number of ether oxygens (including phenoxy) is 1. The van der Waals surface area contributed by atoms with E-state index < -0.39 is 34.4 Å². The van der Waals surface area contributed by atoms with Crippen LogP contribution in [0.1, 0.15) is 34.6 Å². The van der Waals surface area contributed by atoms with Crippen molar-refractivity contribution in [1.82, 2.24) is 9.71 Å². The molecule has 0 bridgehead atoms. The van der Waals surface area contributed by atoms with E-state index in [4.69, 9.17) is 4.74 Å². The molecule has 0 saturated carbocycles. The number of aromatic nitrogens is 1. The van der Waals surface area contributed by atoms with Crippen LogP contribution in [-0.2, 0) is 14.8 Å². The van der Waals surface area contributed by atoms with Crippen molar-refractivity contribution in [2.45, 2.75) is 57.3 Å². The maximum Gasteiger partial charge on any atom is 0.411 e. The number of halogens is 3. The first kappa shape index (κ1) is 29.4. The van der Waals surface area contributed by atoms with Crippen molar-refractivity contribution in [3.8, 4) is 21.0 Å². The molecule has 1 amide bonds. The molecule has 3 aromatic rings. The van der Waals surface area contributed by atoms with Gasteiger partial charge in [-0.1, -0.05) is 6.07 Å². The minimum absolute atomic E-state index is 0.0178. The van der Waals surface area contributed by atoms with E-state index >= 15 is 0 Å². The van der Waals surface area contributed by atoms with Gasteiger partial charge >= 0.3 is 12.3 Å². The molecule has 3 N–H and O–H groups in total. The van der Waals surface area contributed by atoms with Gasteiger partial charge in [0.05, 0.1) is 15.9 Å². The quantitative estimate of drug-likeness (QED) is 0.286. The Morgan fingerprint density at radius 2 is 1.68 bits per heavy atom. The summed E-state index contributed by atoms with van der Waals surface area (Å²) in [6.45, 7) is 7.19. The van der Waals surface area contributed by atoms with Crippen molar-refractivity contribution in [2.24, 2.45) is 0 Å². The van der Waals surface area contributed by atoms with Gasteiger partial charge in [-0.25, -0.2) is 22.9 Å². The van der Waals surface area contributed by atoms with Crippen LogP contribution >= 0.6 is 11.3 Å². The van der Waals surface area contributed by atoms with Crippen molar-refractivity contribution in [3.05, 3.63) is 48.7 Å². The number of sulfonamides is 1. The number of thiazole rings is 1. The molecule has 0 aliphatic carbocycles. The molecule has 2 aromatic carbocycles. The van der Waals surface area contributed by atoms with E-state index in [9.17, 15) is 26.4 Å². The van der Waals surface area contributed by atoms with Gasteiger partial charge in [-0.3, -0.25) is 5.32 Å². The minimum Gasteiger partial charge on any atom is -0.447 e. The average Bonchev–Trinajstić information content (AvgIpc) is 3.25.